The van der Waals surface area contributed by atoms with Gasteiger partial charge in [0, 0.05) is 6.42 Å². The van der Waals surface area contributed by atoms with E-state index in [-0.39, 0.29) is 0 Å². The maximum atomic E-state index is 10.4. The fourth-order valence-electron chi connectivity index (χ4n) is 0.851. The molecular weight excluding hydrogens is 180 g/mol. The van der Waals surface area contributed by atoms with Crippen molar-refractivity contribution in [1.29, 1.82) is 0 Å². The number of carboxylic acid groups (broad SMARTS) is 1. The molecule has 1 unspecified atom stereocenters. The van der Waals surface area contributed by atoms with E-state index in [1.165, 1.54) is 0 Å². The van der Waals surface area contributed by atoms with Crippen LogP contribution in [0.3, 0.4) is 0 Å². The topological polar surface area (TPSA) is 50.4 Å². The predicted octanol–water partition coefficient (Wildman–Crippen LogP) is 2.20. The number of furan rings is 1. The largest absolute Gasteiger partial charge is 0.481 e. The van der Waals surface area contributed by atoms with Crippen molar-refractivity contribution < 1.29 is 14.3 Å². The number of rotatable bonds is 3. The van der Waals surface area contributed by atoms with E-state index in [1.54, 1.807) is 19.1 Å². The van der Waals surface area contributed by atoms with Gasteiger partial charge in [0.15, 0.2) is 5.22 Å². The summed E-state index contributed by atoms with van der Waals surface area (Å²) in [6, 6.07) is 3.28. The van der Waals surface area contributed by atoms with Crippen molar-refractivity contribution in [1.82, 2.24) is 0 Å². The second-order valence-corrected chi connectivity index (χ2v) is 3.02. The lowest BCUT2D eigenvalue weighted by Gasteiger charge is -2.01. The lowest BCUT2D eigenvalue weighted by Crippen LogP contribution is -2.11. The summed E-state index contributed by atoms with van der Waals surface area (Å²) in [6.07, 6.45) is 0.377. The van der Waals surface area contributed by atoms with Crippen LogP contribution in [-0.2, 0) is 11.2 Å². The minimum absolute atomic E-state index is 0.294. The zero-order valence-electron chi connectivity index (χ0n) is 6.58. The first kappa shape index (κ1) is 9.13. The van der Waals surface area contributed by atoms with Gasteiger partial charge in [0.2, 0.25) is 0 Å². The highest BCUT2D eigenvalue weighted by Crippen LogP contribution is 2.16. The molecule has 3 nitrogen and oxygen atoms in total. The molecular formula is C8H9ClO3. The molecule has 0 radical (unpaired) electrons. The van der Waals surface area contributed by atoms with Crippen molar-refractivity contribution in [3.8, 4) is 0 Å². The Bertz CT molecular complexity index is 280. The Morgan fingerprint density at radius 1 is 1.75 bits per heavy atom. The Balaban J connectivity index is 2.58. The van der Waals surface area contributed by atoms with E-state index in [0.717, 1.165) is 0 Å². The molecule has 0 aliphatic heterocycles. The van der Waals surface area contributed by atoms with Gasteiger partial charge in [-0.15, -0.1) is 0 Å². The van der Waals surface area contributed by atoms with Crippen LogP contribution in [0.1, 0.15) is 12.7 Å². The van der Waals surface area contributed by atoms with Gasteiger partial charge in [-0.25, -0.2) is 0 Å². The zero-order valence-corrected chi connectivity index (χ0v) is 7.34. The van der Waals surface area contributed by atoms with Crippen LogP contribution in [0.5, 0.6) is 0 Å². The molecule has 1 rings (SSSR count). The minimum Gasteiger partial charge on any atom is -0.481 e. The Morgan fingerprint density at radius 2 is 2.42 bits per heavy atom. The van der Waals surface area contributed by atoms with Gasteiger partial charge in [-0.1, -0.05) is 6.92 Å². The van der Waals surface area contributed by atoms with Gasteiger partial charge < -0.3 is 9.52 Å². The maximum Gasteiger partial charge on any atom is 0.306 e. The van der Waals surface area contributed by atoms with Gasteiger partial charge in [0.05, 0.1) is 5.92 Å². The molecule has 0 saturated carbocycles. The van der Waals surface area contributed by atoms with Crippen molar-refractivity contribution >= 4 is 17.6 Å². The SMILES string of the molecule is CC(Cc1ccc(Cl)o1)C(=O)O. The first-order valence-corrected chi connectivity index (χ1v) is 3.94. The highest BCUT2D eigenvalue weighted by atomic mass is 35.5. The van der Waals surface area contributed by atoms with Gasteiger partial charge in [-0.05, 0) is 23.7 Å². The Labute approximate surface area is 74.9 Å². The molecule has 1 atom stereocenters. The van der Waals surface area contributed by atoms with Gasteiger partial charge >= 0.3 is 5.97 Å². The Kier molecular flexibility index (Phi) is 2.76. The minimum atomic E-state index is -0.831. The van der Waals surface area contributed by atoms with Crippen LogP contribution in [0, 0.1) is 5.92 Å². The molecule has 0 bridgehead atoms. The quantitative estimate of drug-likeness (QED) is 0.791. The fraction of sp³-hybridized carbons (Fsp3) is 0.375. The summed E-state index contributed by atoms with van der Waals surface area (Å²) in [6.45, 7) is 1.62. The van der Waals surface area contributed by atoms with E-state index in [2.05, 4.69) is 0 Å². The Morgan fingerprint density at radius 3 is 2.83 bits per heavy atom. The molecule has 1 aromatic heterocycles. The second-order valence-electron chi connectivity index (χ2n) is 2.65. The van der Waals surface area contributed by atoms with Crippen molar-refractivity contribution in [2.45, 2.75) is 13.3 Å². The van der Waals surface area contributed by atoms with Crippen LogP contribution < -0.4 is 0 Å². The molecule has 1 aromatic rings. The number of carboxylic acids is 1. The summed E-state index contributed by atoms with van der Waals surface area (Å²) in [7, 11) is 0. The smallest absolute Gasteiger partial charge is 0.306 e. The van der Waals surface area contributed by atoms with Crippen LogP contribution in [0.25, 0.3) is 0 Å². The summed E-state index contributed by atoms with van der Waals surface area (Å²) >= 11 is 5.51. The first-order valence-electron chi connectivity index (χ1n) is 3.56. The second kappa shape index (κ2) is 3.63. The number of carbonyl (C=O) groups is 1. The first-order chi connectivity index (χ1) is 5.59. The van der Waals surface area contributed by atoms with Gasteiger partial charge in [-0.2, -0.15) is 0 Å². The van der Waals surface area contributed by atoms with E-state index in [4.69, 9.17) is 21.1 Å². The molecule has 0 saturated heterocycles. The molecule has 0 fully saturated rings. The van der Waals surface area contributed by atoms with E-state index in [9.17, 15) is 4.79 Å². The number of halogens is 1. The van der Waals surface area contributed by atoms with Gasteiger partial charge in [0.25, 0.3) is 0 Å². The Hall–Kier alpha value is -0.960. The van der Waals surface area contributed by atoms with Gasteiger partial charge in [0.1, 0.15) is 5.76 Å². The zero-order chi connectivity index (χ0) is 9.14. The maximum absolute atomic E-state index is 10.4. The number of aliphatic carboxylic acids is 1. The van der Waals surface area contributed by atoms with Crippen LogP contribution >= 0.6 is 11.6 Å². The van der Waals surface area contributed by atoms with Crippen LogP contribution in [0.2, 0.25) is 5.22 Å². The summed E-state index contributed by atoms with van der Waals surface area (Å²) in [4.78, 5) is 10.4. The van der Waals surface area contributed by atoms with Crippen molar-refractivity contribution in [3.63, 3.8) is 0 Å². The van der Waals surface area contributed by atoms with Crippen molar-refractivity contribution in [3.05, 3.63) is 23.1 Å². The number of hydrogen-bond acceptors (Lipinski definition) is 2. The lowest BCUT2D eigenvalue weighted by atomic mass is 10.1. The molecule has 66 valence electrons. The van der Waals surface area contributed by atoms with Crippen LogP contribution in [0.4, 0.5) is 0 Å². The third kappa shape index (κ3) is 2.27. The lowest BCUT2D eigenvalue weighted by molar-refractivity contribution is -0.141. The van der Waals surface area contributed by atoms with Crippen molar-refractivity contribution in [2.75, 3.05) is 0 Å². The monoisotopic (exact) mass is 188 g/mol. The molecule has 0 aromatic carbocycles. The highest BCUT2D eigenvalue weighted by Gasteiger charge is 2.13. The van der Waals surface area contributed by atoms with E-state index >= 15 is 0 Å². The molecule has 0 amide bonds. The van der Waals surface area contributed by atoms with E-state index in [0.29, 0.717) is 17.4 Å². The summed E-state index contributed by atoms with van der Waals surface area (Å²) in [5.41, 5.74) is 0. The normalized spacial score (nSPS) is 12.8. The molecule has 0 aliphatic carbocycles. The van der Waals surface area contributed by atoms with Crippen molar-refractivity contribution in [2.24, 2.45) is 5.92 Å². The fourth-order valence-corrected chi connectivity index (χ4v) is 1.01. The highest BCUT2D eigenvalue weighted by molar-refractivity contribution is 6.28. The van der Waals surface area contributed by atoms with E-state index < -0.39 is 11.9 Å². The molecule has 0 aliphatic rings. The predicted molar refractivity (Wildman–Crippen MR) is 44.2 cm³/mol. The summed E-state index contributed by atoms with van der Waals surface area (Å²) < 4.78 is 5.01. The number of hydrogen-bond donors (Lipinski definition) is 1. The average Bonchev–Trinajstić information content (AvgIpc) is 2.35. The summed E-state index contributed by atoms with van der Waals surface area (Å²) in [5.74, 6) is -0.662. The molecule has 1 N–H and O–H groups in total. The standard InChI is InChI=1S/C8H9ClO3/c1-5(8(10)11)4-6-2-3-7(9)12-6/h2-3,5H,4H2,1H3,(H,10,11). The average molecular weight is 189 g/mol. The third-order valence-electron chi connectivity index (χ3n) is 1.56. The van der Waals surface area contributed by atoms with E-state index in [1.807, 2.05) is 0 Å². The third-order valence-corrected chi connectivity index (χ3v) is 1.76. The summed E-state index contributed by atoms with van der Waals surface area (Å²) in [5, 5.41) is 8.87. The molecule has 12 heavy (non-hydrogen) atoms. The van der Waals surface area contributed by atoms with Gasteiger partial charge in [-0.3, -0.25) is 4.79 Å². The van der Waals surface area contributed by atoms with Crippen LogP contribution in [0.15, 0.2) is 16.5 Å². The molecule has 1 heterocycles. The molecule has 4 heteroatoms. The molecule has 0 spiro atoms. The van der Waals surface area contributed by atoms with Crippen LogP contribution in [-0.4, -0.2) is 11.1 Å².